The van der Waals surface area contributed by atoms with Crippen LogP contribution in [0.25, 0.3) is 16.7 Å². The smallest absolute Gasteiger partial charge is 0.257 e. The van der Waals surface area contributed by atoms with Crippen LogP contribution in [-0.2, 0) is 6.54 Å². The van der Waals surface area contributed by atoms with Crippen LogP contribution in [0.15, 0.2) is 59.4 Å². The van der Waals surface area contributed by atoms with Gasteiger partial charge in [-0.3, -0.25) is 9.20 Å². The van der Waals surface area contributed by atoms with Gasteiger partial charge in [0.15, 0.2) is 0 Å². The number of aryl methyl sites for hydroxylation is 1. The molecule has 0 spiro atoms. The molecule has 0 amide bonds. The number of aliphatic hydroxyl groups excluding tert-OH is 1. The van der Waals surface area contributed by atoms with Crippen LogP contribution >= 0.6 is 11.6 Å². The van der Waals surface area contributed by atoms with E-state index in [0.29, 0.717) is 33.9 Å². The van der Waals surface area contributed by atoms with Gasteiger partial charge < -0.3 is 15.0 Å². The molecule has 6 nitrogen and oxygen atoms in total. The number of fused-ring (bicyclic) bond motifs is 3. The minimum Gasteiger partial charge on any atom is -0.389 e. The molecule has 2 aromatic heterocycles. The Bertz CT molecular complexity index is 1300. The fourth-order valence-corrected chi connectivity index (χ4v) is 3.73. The Hall–Kier alpha value is -3.27. The topological polar surface area (TPSA) is 82.5 Å². The molecule has 2 N–H and O–H groups in total. The summed E-state index contributed by atoms with van der Waals surface area (Å²) in [5.41, 5.74) is 3.71. The van der Waals surface area contributed by atoms with Gasteiger partial charge in [0.1, 0.15) is 11.7 Å². The van der Waals surface area contributed by atoms with E-state index in [2.05, 4.69) is 11.4 Å². The van der Waals surface area contributed by atoms with Crippen molar-refractivity contribution < 1.29 is 5.11 Å². The molecule has 0 radical (unpaired) electrons. The maximum atomic E-state index is 12.7. The molecule has 0 saturated carbocycles. The van der Waals surface area contributed by atoms with Crippen LogP contribution in [0, 0.1) is 18.3 Å². The summed E-state index contributed by atoms with van der Waals surface area (Å²) in [5.74, 6) is 0. The van der Waals surface area contributed by atoms with E-state index >= 15 is 0 Å². The van der Waals surface area contributed by atoms with Crippen LogP contribution in [0.2, 0.25) is 5.02 Å². The summed E-state index contributed by atoms with van der Waals surface area (Å²) in [5, 5.41) is 24.2. The summed E-state index contributed by atoms with van der Waals surface area (Å²) in [6.07, 6.45) is -0.743. The fraction of sp³-hybridized carbons (Fsp3) is 0.182. The normalized spacial score (nSPS) is 12.2. The van der Waals surface area contributed by atoms with Gasteiger partial charge in [-0.1, -0.05) is 23.7 Å². The molecule has 0 aliphatic carbocycles. The van der Waals surface area contributed by atoms with Gasteiger partial charge in [0.05, 0.1) is 29.2 Å². The number of aromatic nitrogens is 2. The van der Waals surface area contributed by atoms with E-state index in [4.69, 9.17) is 11.6 Å². The minimum atomic E-state index is -0.743. The molecule has 0 bridgehead atoms. The summed E-state index contributed by atoms with van der Waals surface area (Å²) in [4.78, 5) is 12.7. The number of rotatable bonds is 5. The second-order valence-electron chi connectivity index (χ2n) is 6.95. The van der Waals surface area contributed by atoms with Crippen molar-refractivity contribution in [2.24, 2.45) is 0 Å². The van der Waals surface area contributed by atoms with Crippen molar-refractivity contribution in [1.82, 2.24) is 8.97 Å². The first-order valence-electron chi connectivity index (χ1n) is 9.21. The largest absolute Gasteiger partial charge is 0.389 e. The number of hydrogen-bond acceptors (Lipinski definition) is 4. The molecule has 146 valence electrons. The molecule has 29 heavy (non-hydrogen) atoms. The first-order valence-corrected chi connectivity index (χ1v) is 9.58. The molecular weight excluding hydrogens is 388 g/mol. The summed E-state index contributed by atoms with van der Waals surface area (Å²) in [7, 11) is 0. The highest BCUT2D eigenvalue weighted by Crippen LogP contribution is 2.24. The number of nitriles is 1. The number of benzene rings is 2. The Labute approximate surface area is 172 Å². The second kappa shape index (κ2) is 7.63. The SMILES string of the molecule is Cc1cc(=O)n2c3ccccc3n(C[C@H](O)CNc3ccc(Cl)cc3)c2c1C#N. The van der Waals surface area contributed by atoms with Crippen LogP contribution in [0.1, 0.15) is 11.1 Å². The van der Waals surface area contributed by atoms with Gasteiger partial charge in [-0.25, -0.2) is 0 Å². The van der Waals surface area contributed by atoms with Crippen molar-refractivity contribution in [1.29, 1.82) is 5.26 Å². The summed E-state index contributed by atoms with van der Waals surface area (Å²) in [6.45, 7) is 2.29. The third kappa shape index (κ3) is 3.46. The molecule has 0 unspecified atom stereocenters. The number of anilines is 1. The van der Waals surface area contributed by atoms with Gasteiger partial charge in [-0.2, -0.15) is 5.26 Å². The lowest BCUT2D eigenvalue weighted by Crippen LogP contribution is -2.25. The Balaban J connectivity index is 1.75. The molecular formula is C22H19ClN4O2. The highest BCUT2D eigenvalue weighted by atomic mass is 35.5. The van der Waals surface area contributed by atoms with Crippen molar-refractivity contribution in [3.63, 3.8) is 0 Å². The Morgan fingerprint density at radius 3 is 2.55 bits per heavy atom. The first-order chi connectivity index (χ1) is 14.0. The summed E-state index contributed by atoms with van der Waals surface area (Å²) < 4.78 is 3.39. The molecule has 0 saturated heterocycles. The molecule has 0 aliphatic heterocycles. The van der Waals surface area contributed by atoms with E-state index in [1.807, 2.05) is 41.0 Å². The van der Waals surface area contributed by atoms with Gasteiger partial charge in [-0.05, 0) is 48.9 Å². The van der Waals surface area contributed by atoms with E-state index < -0.39 is 6.10 Å². The second-order valence-corrected chi connectivity index (χ2v) is 7.39. The Kier molecular flexibility index (Phi) is 5.01. The third-order valence-corrected chi connectivity index (χ3v) is 5.20. The molecule has 2 heterocycles. The number of pyridine rings is 1. The highest BCUT2D eigenvalue weighted by Gasteiger charge is 2.19. The van der Waals surface area contributed by atoms with Crippen molar-refractivity contribution in [3.8, 4) is 6.07 Å². The number of nitrogens with zero attached hydrogens (tertiary/aromatic N) is 3. The van der Waals surface area contributed by atoms with Gasteiger partial charge in [-0.15, -0.1) is 0 Å². The van der Waals surface area contributed by atoms with Crippen molar-refractivity contribution in [2.75, 3.05) is 11.9 Å². The van der Waals surface area contributed by atoms with Crippen LogP contribution < -0.4 is 10.9 Å². The molecule has 7 heteroatoms. The average Bonchev–Trinajstić information content (AvgIpc) is 3.03. The maximum Gasteiger partial charge on any atom is 0.257 e. The van der Waals surface area contributed by atoms with Gasteiger partial charge in [0.2, 0.25) is 0 Å². The van der Waals surface area contributed by atoms with Crippen molar-refractivity contribution >= 4 is 34.0 Å². The third-order valence-electron chi connectivity index (χ3n) is 4.95. The van der Waals surface area contributed by atoms with Gasteiger partial charge in [0, 0.05) is 23.3 Å². The van der Waals surface area contributed by atoms with Crippen LogP contribution in [0.5, 0.6) is 0 Å². The van der Waals surface area contributed by atoms with E-state index in [9.17, 15) is 15.2 Å². The zero-order chi connectivity index (χ0) is 20.5. The molecule has 0 fully saturated rings. The predicted molar refractivity (Wildman–Crippen MR) is 115 cm³/mol. The number of hydrogen-bond donors (Lipinski definition) is 2. The molecule has 0 aliphatic rings. The Morgan fingerprint density at radius 2 is 1.86 bits per heavy atom. The molecule has 4 rings (SSSR count). The van der Waals surface area contributed by atoms with E-state index in [0.717, 1.165) is 11.2 Å². The van der Waals surface area contributed by atoms with E-state index in [1.165, 1.54) is 6.07 Å². The molecule has 2 aromatic carbocycles. The van der Waals surface area contributed by atoms with Crippen LogP contribution in [0.4, 0.5) is 5.69 Å². The Morgan fingerprint density at radius 1 is 1.17 bits per heavy atom. The number of nitrogens with one attached hydrogen (secondary N) is 1. The lowest BCUT2D eigenvalue weighted by molar-refractivity contribution is 0.169. The zero-order valence-electron chi connectivity index (χ0n) is 15.8. The van der Waals surface area contributed by atoms with Gasteiger partial charge in [0.25, 0.3) is 5.56 Å². The van der Waals surface area contributed by atoms with E-state index in [1.54, 1.807) is 23.5 Å². The minimum absolute atomic E-state index is 0.194. The first kappa shape index (κ1) is 19.1. The number of imidazole rings is 1. The average molecular weight is 407 g/mol. The standard InChI is InChI=1S/C22H19ClN4O2/c1-14-10-21(29)27-20-5-3-2-4-19(20)26(22(27)18(14)11-24)13-17(28)12-25-16-8-6-15(23)7-9-16/h2-10,17,25,28H,12-13H2,1H3/t17-/m1/s1. The van der Waals surface area contributed by atoms with Crippen LogP contribution in [0.3, 0.4) is 0 Å². The number of aliphatic hydroxyl groups is 1. The number of halogens is 1. The zero-order valence-corrected chi connectivity index (χ0v) is 16.5. The van der Waals surface area contributed by atoms with Crippen molar-refractivity contribution in [3.05, 3.63) is 81.1 Å². The number of para-hydroxylation sites is 2. The van der Waals surface area contributed by atoms with Crippen LogP contribution in [-0.4, -0.2) is 26.7 Å². The molecule has 1 atom stereocenters. The fourth-order valence-electron chi connectivity index (χ4n) is 3.60. The van der Waals surface area contributed by atoms with Gasteiger partial charge >= 0.3 is 0 Å². The quantitative estimate of drug-likeness (QED) is 0.531. The monoisotopic (exact) mass is 406 g/mol. The highest BCUT2D eigenvalue weighted by molar-refractivity contribution is 6.30. The summed E-state index contributed by atoms with van der Waals surface area (Å²) >= 11 is 5.90. The van der Waals surface area contributed by atoms with E-state index in [-0.39, 0.29) is 12.1 Å². The predicted octanol–water partition coefficient (Wildman–Crippen LogP) is 3.56. The lowest BCUT2D eigenvalue weighted by atomic mass is 10.1. The van der Waals surface area contributed by atoms with Crippen molar-refractivity contribution in [2.45, 2.75) is 19.6 Å². The maximum absolute atomic E-state index is 12.7. The lowest BCUT2D eigenvalue weighted by Gasteiger charge is -2.16. The molecule has 4 aromatic rings. The summed E-state index contributed by atoms with van der Waals surface area (Å²) in [6, 6.07) is 18.4.